The molecule has 0 saturated heterocycles. The monoisotopic (exact) mass is 867 g/mol. The minimum Gasteiger partial charge on any atom is -0.444 e. The molecule has 63 heavy (non-hydrogen) atoms. The number of benzene rings is 2. The Hall–Kier alpha value is -6.52. The first-order valence-electron chi connectivity index (χ1n) is 20.9. The summed E-state index contributed by atoms with van der Waals surface area (Å²) in [5, 5.41) is 14.1. The highest BCUT2D eigenvalue weighted by molar-refractivity contribution is 6.00. The van der Waals surface area contributed by atoms with Gasteiger partial charge in [-0.05, 0) is 130 Å². The molecular weight excluding hydrogens is 807 g/mol. The van der Waals surface area contributed by atoms with E-state index in [1.54, 1.807) is 97.6 Å². The molecule has 1 aromatic heterocycles. The molecule has 2 aromatic carbocycles. The van der Waals surface area contributed by atoms with Crippen molar-refractivity contribution in [3.05, 3.63) is 78.0 Å². The number of nitrogens with one attached hydrogen (secondary N) is 2. The number of aliphatic imine (C=N–C) groups is 2. The average Bonchev–Trinajstić information content (AvgIpc) is 3.65. The fourth-order valence-electron chi connectivity index (χ4n) is 6.34. The van der Waals surface area contributed by atoms with Crippen molar-refractivity contribution in [2.75, 3.05) is 26.2 Å². The van der Waals surface area contributed by atoms with Crippen LogP contribution in [-0.2, 0) is 18.9 Å². The summed E-state index contributed by atoms with van der Waals surface area (Å²) in [6, 6.07) is 16.1. The van der Waals surface area contributed by atoms with E-state index in [9.17, 15) is 19.2 Å². The topological polar surface area (TPSA) is 191 Å². The van der Waals surface area contributed by atoms with Gasteiger partial charge in [0.25, 0.3) is 0 Å². The van der Waals surface area contributed by atoms with Gasteiger partial charge in [-0.15, -0.1) is 15.1 Å². The van der Waals surface area contributed by atoms with Crippen molar-refractivity contribution in [3.63, 3.8) is 0 Å². The number of amides is 4. The van der Waals surface area contributed by atoms with Crippen LogP contribution in [0.5, 0.6) is 0 Å². The maximum atomic E-state index is 12.6. The van der Waals surface area contributed by atoms with E-state index in [-0.39, 0.29) is 11.9 Å². The molecule has 0 saturated carbocycles. The number of hydrogen-bond donors (Lipinski definition) is 2. The fourth-order valence-corrected chi connectivity index (χ4v) is 6.34. The van der Waals surface area contributed by atoms with Crippen LogP contribution in [0.15, 0.2) is 76.9 Å². The van der Waals surface area contributed by atoms with Crippen LogP contribution in [0.3, 0.4) is 0 Å². The summed E-state index contributed by atoms with van der Waals surface area (Å²) in [5.41, 5.74) is 3.79. The van der Waals surface area contributed by atoms with Gasteiger partial charge in [0.1, 0.15) is 28.1 Å². The highest BCUT2D eigenvalue weighted by Crippen LogP contribution is 2.28. The van der Waals surface area contributed by atoms with E-state index in [2.05, 4.69) is 30.9 Å². The van der Waals surface area contributed by atoms with Gasteiger partial charge in [0, 0.05) is 31.7 Å². The van der Waals surface area contributed by atoms with Gasteiger partial charge in [-0.2, -0.15) is 0 Å². The first kappa shape index (κ1) is 47.5. The summed E-state index contributed by atoms with van der Waals surface area (Å²) >= 11 is 0. The molecule has 0 aliphatic carbocycles. The van der Waals surface area contributed by atoms with Crippen LogP contribution in [0.2, 0.25) is 0 Å². The lowest BCUT2D eigenvalue weighted by Gasteiger charge is -2.30. The molecule has 2 N–H and O–H groups in total. The second-order valence-corrected chi connectivity index (χ2v) is 19.1. The van der Waals surface area contributed by atoms with Crippen molar-refractivity contribution < 1.29 is 38.1 Å². The smallest absolute Gasteiger partial charge is 0.437 e. The van der Waals surface area contributed by atoms with Crippen molar-refractivity contribution in [2.24, 2.45) is 9.98 Å². The number of guanidine groups is 2. The van der Waals surface area contributed by atoms with Crippen LogP contribution in [-0.4, -0.2) is 110 Å². The average molecular weight is 868 g/mol. The van der Waals surface area contributed by atoms with E-state index in [0.29, 0.717) is 44.7 Å². The van der Waals surface area contributed by atoms with Gasteiger partial charge >= 0.3 is 24.4 Å². The highest BCUT2D eigenvalue weighted by Gasteiger charge is 2.27. The van der Waals surface area contributed by atoms with E-state index in [4.69, 9.17) is 18.9 Å². The number of nitrogens with zero attached hydrogens (tertiary/aromatic N) is 7. The third-order valence-electron chi connectivity index (χ3n) is 8.97. The Morgan fingerprint density at radius 3 is 1.30 bits per heavy atom. The number of alkyl carbamates (subject to hydrolysis) is 2. The first-order chi connectivity index (χ1) is 29.3. The van der Waals surface area contributed by atoms with E-state index in [0.717, 1.165) is 33.5 Å². The van der Waals surface area contributed by atoms with E-state index < -0.39 is 46.8 Å². The number of rotatable bonds is 4. The zero-order valence-corrected chi connectivity index (χ0v) is 38.5. The van der Waals surface area contributed by atoms with Gasteiger partial charge in [0.15, 0.2) is 0 Å². The zero-order valence-electron chi connectivity index (χ0n) is 38.5. The molecule has 338 valence electrons. The quantitative estimate of drug-likeness (QED) is 0.144. The lowest BCUT2D eigenvalue weighted by atomic mass is 9.98. The lowest BCUT2D eigenvalue weighted by Crippen LogP contribution is -2.48. The predicted molar refractivity (Wildman–Crippen MR) is 241 cm³/mol. The number of hydrogen-bond acceptors (Lipinski definition) is 10. The normalized spacial score (nSPS) is 15.5. The molecule has 4 amide bonds. The van der Waals surface area contributed by atoms with Crippen molar-refractivity contribution in [1.82, 2.24) is 35.4 Å². The maximum Gasteiger partial charge on any atom is 0.437 e. The Bertz CT molecular complexity index is 2110. The number of carbonyl (C=O) groups excluding carboxylic acids is 4. The molecule has 2 aliphatic rings. The van der Waals surface area contributed by atoms with Crippen LogP contribution < -0.4 is 10.6 Å². The summed E-state index contributed by atoms with van der Waals surface area (Å²) < 4.78 is 23.3. The molecule has 5 rings (SSSR count). The van der Waals surface area contributed by atoms with Gasteiger partial charge < -0.3 is 28.7 Å². The Balaban J connectivity index is 1.22. The van der Waals surface area contributed by atoms with Crippen molar-refractivity contribution >= 4 is 47.4 Å². The molecule has 17 nitrogen and oxygen atoms in total. The molecule has 0 bridgehead atoms. The fraction of sp³-hybridized carbons (Fsp3) is 0.478. The molecule has 3 aromatic rings. The van der Waals surface area contributed by atoms with Gasteiger partial charge in [-0.25, -0.2) is 23.9 Å². The minimum absolute atomic E-state index is 0.0621. The van der Waals surface area contributed by atoms with E-state index in [1.807, 2.05) is 66.9 Å². The van der Waals surface area contributed by atoms with Crippen LogP contribution in [0.25, 0.3) is 28.1 Å². The second-order valence-electron chi connectivity index (χ2n) is 19.1. The Morgan fingerprint density at radius 2 is 0.937 bits per heavy atom. The molecule has 0 spiro atoms. The van der Waals surface area contributed by atoms with Crippen molar-refractivity contribution in [1.29, 1.82) is 0 Å². The Kier molecular flexibility index (Phi) is 14.5. The zero-order chi connectivity index (χ0) is 46.3. The summed E-state index contributed by atoms with van der Waals surface area (Å²) in [4.78, 5) is 62.3. The van der Waals surface area contributed by atoms with E-state index in [1.165, 1.54) is 0 Å². The number of carbonyl (C=O) groups is 4. The van der Waals surface area contributed by atoms with Crippen molar-refractivity contribution in [2.45, 2.75) is 118 Å². The van der Waals surface area contributed by atoms with Gasteiger partial charge in [-0.3, -0.25) is 10.6 Å². The molecule has 3 heterocycles. The largest absolute Gasteiger partial charge is 0.444 e. The standard InChI is InChI=1S/C46H61N9O8/c1-43(2,3)60-39(56)47-37(48-40(57)61-44(4,5)6)53-25-21-32(22-26-53)30-13-15-34(16-14-30)36-29-55(52-51-36)35-19-17-31(18-20-35)33-23-27-54(28-24-33)38(49-41(58)62-45(7,8)9)50-42(59)63-46(10,11)12/h13-21,23,29H,22,24-28H2,1-12H3,(H,47,48,56,57)(H,49,50,58,59). The number of aromatic nitrogens is 3. The maximum absolute atomic E-state index is 12.6. The second kappa shape index (κ2) is 19.3. The minimum atomic E-state index is -0.810. The molecule has 0 unspecified atom stereocenters. The SMILES string of the molecule is CC(C)(C)OC(=O)N=C(NC(=O)OC(C)(C)C)N1CC=C(c2ccc(-c3cn(-c4ccc(C5=CCN(C(=NC(=O)OC(C)(C)C)NC(=O)OC(C)(C)C)CC5)cc4)nn3)cc2)CC1. The summed E-state index contributed by atoms with van der Waals surface area (Å²) in [6.07, 6.45) is 4.18. The summed E-state index contributed by atoms with van der Waals surface area (Å²) in [6.45, 7) is 22.8. The highest BCUT2D eigenvalue weighted by atomic mass is 16.6. The molecular formula is C46H61N9O8. The third kappa shape index (κ3) is 15.1. The summed E-state index contributed by atoms with van der Waals surface area (Å²) in [5.74, 6) is 0.125. The summed E-state index contributed by atoms with van der Waals surface area (Å²) in [7, 11) is 0. The lowest BCUT2D eigenvalue weighted by molar-refractivity contribution is 0.0536. The van der Waals surface area contributed by atoms with Crippen LogP contribution >= 0.6 is 0 Å². The Labute approximate surface area is 369 Å². The Morgan fingerprint density at radius 1 is 0.556 bits per heavy atom. The van der Waals surface area contributed by atoms with Crippen LogP contribution in [0.4, 0.5) is 19.2 Å². The molecule has 0 radical (unpaired) electrons. The van der Waals surface area contributed by atoms with Gasteiger partial charge in [0.2, 0.25) is 11.9 Å². The number of ether oxygens (including phenoxy) is 4. The van der Waals surface area contributed by atoms with Gasteiger partial charge in [-0.1, -0.05) is 53.8 Å². The van der Waals surface area contributed by atoms with Crippen LogP contribution in [0.1, 0.15) is 107 Å². The van der Waals surface area contributed by atoms with Crippen molar-refractivity contribution in [3.8, 4) is 16.9 Å². The molecule has 0 fully saturated rings. The van der Waals surface area contributed by atoms with Gasteiger partial charge in [0.05, 0.1) is 11.9 Å². The third-order valence-corrected chi connectivity index (χ3v) is 8.97. The van der Waals surface area contributed by atoms with E-state index >= 15 is 0 Å². The first-order valence-corrected chi connectivity index (χ1v) is 20.9. The predicted octanol–water partition coefficient (Wildman–Crippen LogP) is 8.74. The molecule has 0 atom stereocenters. The molecule has 2 aliphatic heterocycles. The van der Waals surface area contributed by atoms with Crippen LogP contribution in [0, 0.1) is 0 Å². The molecule has 17 heteroatoms.